The molecule has 2 aromatic rings. The minimum Gasteiger partial charge on any atom is -0.549 e. The number of rotatable bonds is 3. The average Bonchev–Trinajstić information content (AvgIpc) is 2.26. The van der Waals surface area contributed by atoms with E-state index in [1.54, 1.807) is 18.2 Å². The molecule has 0 fully saturated rings. The van der Waals surface area contributed by atoms with Crippen LogP contribution in [0.4, 0.5) is 0 Å². The topological polar surface area (TPSA) is 74.3 Å². The number of aliphatic carboxylic acids is 1. The van der Waals surface area contributed by atoms with Gasteiger partial charge in [0.2, 0.25) is 0 Å². The van der Waals surface area contributed by atoms with Gasteiger partial charge < -0.3 is 9.90 Å². The fourth-order valence-electron chi connectivity index (χ4n) is 1.60. The summed E-state index contributed by atoms with van der Waals surface area (Å²) in [5.41, 5.74) is 0. The maximum atomic E-state index is 11.7. The molecule has 0 heterocycles. The van der Waals surface area contributed by atoms with Gasteiger partial charge in [-0.1, -0.05) is 30.3 Å². The maximum Gasteiger partial charge on any atom is 1.00 e. The summed E-state index contributed by atoms with van der Waals surface area (Å²) in [5, 5.41) is 12.0. The summed E-state index contributed by atoms with van der Waals surface area (Å²) in [4.78, 5) is 10.4. The minimum atomic E-state index is -3.81. The van der Waals surface area contributed by atoms with Gasteiger partial charge in [-0.3, -0.25) is 0 Å². The number of hydrogen-bond donors (Lipinski definition) is 0. The molecule has 18 heavy (non-hydrogen) atoms. The summed E-state index contributed by atoms with van der Waals surface area (Å²) < 4.78 is 23.3. The van der Waals surface area contributed by atoms with E-state index < -0.39 is 21.6 Å². The number of sulfone groups is 1. The van der Waals surface area contributed by atoms with Gasteiger partial charge in [0.15, 0.2) is 9.84 Å². The Balaban J connectivity index is 0.00000162. The second kappa shape index (κ2) is 5.84. The molecule has 0 aliphatic heterocycles. The molecule has 0 amide bonds. The van der Waals surface area contributed by atoms with Crippen LogP contribution in [-0.2, 0) is 14.6 Å². The van der Waals surface area contributed by atoms with Crippen LogP contribution in [0.2, 0.25) is 0 Å². The van der Waals surface area contributed by atoms with Crippen molar-refractivity contribution < 1.29 is 47.9 Å². The van der Waals surface area contributed by atoms with E-state index in [0.717, 1.165) is 10.8 Å². The Bertz CT molecular complexity index is 679. The molecule has 6 heteroatoms. The van der Waals surface area contributed by atoms with Crippen LogP contribution < -0.4 is 34.7 Å². The van der Waals surface area contributed by atoms with Crippen LogP contribution in [0.15, 0.2) is 47.4 Å². The number of hydrogen-bond acceptors (Lipinski definition) is 4. The van der Waals surface area contributed by atoms with Crippen LogP contribution in [-0.4, -0.2) is 20.1 Å². The molecular weight excluding hydrogens is 263 g/mol. The molecule has 2 aromatic carbocycles. The van der Waals surface area contributed by atoms with Crippen molar-refractivity contribution in [3.05, 3.63) is 42.5 Å². The van der Waals surface area contributed by atoms with Gasteiger partial charge in [0.05, 0.1) is 16.6 Å². The molecule has 0 saturated carbocycles. The number of carbonyl (C=O) groups excluding carboxylic acids is 1. The van der Waals surface area contributed by atoms with Gasteiger partial charge >= 0.3 is 29.6 Å². The summed E-state index contributed by atoms with van der Waals surface area (Å²) >= 11 is 0. The van der Waals surface area contributed by atoms with Crippen molar-refractivity contribution in [3.8, 4) is 0 Å². The first-order valence-electron chi connectivity index (χ1n) is 4.90. The summed E-state index contributed by atoms with van der Waals surface area (Å²) in [6, 6.07) is 11.8. The van der Waals surface area contributed by atoms with E-state index >= 15 is 0 Å². The van der Waals surface area contributed by atoms with E-state index in [9.17, 15) is 18.3 Å². The largest absolute Gasteiger partial charge is 1.00 e. The van der Waals surface area contributed by atoms with Crippen molar-refractivity contribution in [1.29, 1.82) is 0 Å². The molecule has 0 aliphatic carbocycles. The van der Waals surface area contributed by atoms with Gasteiger partial charge in [0.1, 0.15) is 0 Å². The standard InChI is InChI=1S/C12H10O4S.Na/c13-12(14)8-17(15,16)11-6-5-9-3-1-2-4-10(9)7-11;/h1-7H,8H2,(H,13,14);/q;+1/p-1. The number of fused-ring (bicyclic) bond motifs is 1. The summed E-state index contributed by atoms with van der Waals surface area (Å²) in [5.74, 6) is -2.59. The molecule has 0 radical (unpaired) electrons. The Morgan fingerprint density at radius 3 is 2.28 bits per heavy atom. The normalized spacial score (nSPS) is 10.9. The Morgan fingerprint density at radius 1 is 1.06 bits per heavy atom. The zero-order chi connectivity index (χ0) is 12.5. The Labute approximate surface area is 127 Å². The smallest absolute Gasteiger partial charge is 0.549 e. The van der Waals surface area contributed by atoms with Crippen LogP contribution in [0, 0.1) is 0 Å². The molecule has 0 atom stereocenters. The Morgan fingerprint density at radius 2 is 1.67 bits per heavy atom. The number of benzene rings is 2. The molecule has 0 aromatic heterocycles. The van der Waals surface area contributed by atoms with E-state index in [0.29, 0.717) is 0 Å². The molecule has 88 valence electrons. The van der Waals surface area contributed by atoms with Crippen LogP contribution in [0.25, 0.3) is 10.8 Å². The maximum absolute atomic E-state index is 11.7. The van der Waals surface area contributed by atoms with Crippen molar-refractivity contribution in [2.75, 3.05) is 5.75 Å². The third kappa shape index (κ3) is 3.32. The second-order valence-corrected chi connectivity index (χ2v) is 5.63. The van der Waals surface area contributed by atoms with Crippen LogP contribution >= 0.6 is 0 Å². The first-order valence-corrected chi connectivity index (χ1v) is 6.56. The van der Waals surface area contributed by atoms with Crippen LogP contribution in [0.3, 0.4) is 0 Å². The first kappa shape index (κ1) is 15.2. The monoisotopic (exact) mass is 272 g/mol. The third-order valence-corrected chi connectivity index (χ3v) is 3.98. The fourth-order valence-corrected chi connectivity index (χ4v) is 2.66. The second-order valence-electron chi connectivity index (χ2n) is 3.64. The number of carbonyl (C=O) groups is 1. The van der Waals surface area contributed by atoms with E-state index in [1.165, 1.54) is 12.1 Å². The van der Waals surface area contributed by atoms with Gasteiger partial charge in [-0.05, 0) is 22.9 Å². The molecule has 0 unspecified atom stereocenters. The SMILES string of the molecule is O=C([O-])CS(=O)(=O)c1ccc2ccccc2c1.[Na+]. The fraction of sp³-hybridized carbons (Fsp3) is 0.0833. The van der Waals surface area contributed by atoms with Crippen molar-refractivity contribution in [2.24, 2.45) is 0 Å². The Hall–Kier alpha value is -0.880. The molecule has 0 saturated heterocycles. The van der Waals surface area contributed by atoms with Crippen molar-refractivity contribution in [1.82, 2.24) is 0 Å². The molecule has 2 rings (SSSR count). The van der Waals surface area contributed by atoms with E-state index in [4.69, 9.17) is 0 Å². The van der Waals surface area contributed by atoms with Gasteiger partial charge in [-0.15, -0.1) is 0 Å². The molecule has 0 N–H and O–H groups in total. The molecular formula is C12H9NaO4S. The van der Waals surface area contributed by atoms with Crippen molar-refractivity contribution >= 4 is 26.6 Å². The van der Waals surface area contributed by atoms with Gasteiger partial charge in [-0.25, -0.2) is 8.42 Å². The zero-order valence-electron chi connectivity index (χ0n) is 9.79. The van der Waals surface area contributed by atoms with Crippen LogP contribution in [0.5, 0.6) is 0 Å². The van der Waals surface area contributed by atoms with E-state index in [-0.39, 0.29) is 34.5 Å². The molecule has 0 aliphatic rings. The number of carboxylic acid groups (broad SMARTS) is 1. The number of carboxylic acids is 1. The summed E-state index contributed by atoms with van der Waals surface area (Å²) in [6.45, 7) is 0. The van der Waals surface area contributed by atoms with Gasteiger partial charge in [0.25, 0.3) is 0 Å². The zero-order valence-corrected chi connectivity index (χ0v) is 12.6. The predicted molar refractivity (Wildman–Crippen MR) is 61.0 cm³/mol. The summed E-state index contributed by atoms with van der Waals surface area (Å²) in [6.07, 6.45) is 0. The van der Waals surface area contributed by atoms with Gasteiger partial charge in [0, 0.05) is 0 Å². The Kier molecular flexibility index (Phi) is 4.92. The van der Waals surface area contributed by atoms with E-state index in [2.05, 4.69) is 0 Å². The third-order valence-electron chi connectivity index (χ3n) is 2.39. The van der Waals surface area contributed by atoms with Gasteiger partial charge in [-0.2, -0.15) is 0 Å². The minimum absolute atomic E-state index is 0. The van der Waals surface area contributed by atoms with E-state index in [1.807, 2.05) is 12.1 Å². The predicted octanol–water partition coefficient (Wildman–Crippen LogP) is -2.63. The molecule has 0 bridgehead atoms. The van der Waals surface area contributed by atoms with Crippen LogP contribution in [0.1, 0.15) is 0 Å². The molecule has 4 nitrogen and oxygen atoms in total. The average molecular weight is 272 g/mol. The van der Waals surface area contributed by atoms with Crippen molar-refractivity contribution in [3.63, 3.8) is 0 Å². The first-order chi connectivity index (χ1) is 7.99. The summed E-state index contributed by atoms with van der Waals surface area (Å²) in [7, 11) is -3.81. The molecule has 0 spiro atoms. The quantitative estimate of drug-likeness (QED) is 0.573. The van der Waals surface area contributed by atoms with Crippen molar-refractivity contribution in [2.45, 2.75) is 4.90 Å².